The zero-order chi connectivity index (χ0) is 39.9. The van der Waals surface area contributed by atoms with Crippen molar-refractivity contribution in [3.8, 4) is 0 Å². The normalized spacial score (nSPS) is 45.2. The van der Waals surface area contributed by atoms with Gasteiger partial charge in [0.05, 0.1) is 32.6 Å². The Bertz CT molecular complexity index is 1630. The number of allylic oxidation sites excluding steroid dienone is 1. The second-order valence-electron chi connectivity index (χ2n) is 17.2. The number of halogens is 6. The summed E-state index contributed by atoms with van der Waals surface area (Å²) in [7, 11) is 0. The van der Waals surface area contributed by atoms with Crippen LogP contribution in [-0.4, -0.2) is 81.7 Å². The van der Waals surface area contributed by atoms with Crippen molar-refractivity contribution in [1.82, 2.24) is 15.0 Å². The van der Waals surface area contributed by atoms with Crippen molar-refractivity contribution in [2.45, 2.75) is 159 Å². The highest BCUT2D eigenvalue weighted by Crippen LogP contribution is 2.64. The molecule has 10 rings (SSSR count). The minimum atomic E-state index is -4.94. The Hall–Kier alpha value is -2.10. The molecule has 2 spiro atoms. The van der Waals surface area contributed by atoms with Gasteiger partial charge in [-0.05, 0) is 76.2 Å². The summed E-state index contributed by atoms with van der Waals surface area (Å²) in [5.74, 6) is -8.53. The molecule has 0 radical (unpaired) electrons. The summed E-state index contributed by atoms with van der Waals surface area (Å²) in [6, 6.07) is 0. The zero-order valence-electron chi connectivity index (χ0n) is 32.2. The minimum absolute atomic E-state index is 0.114. The molecule has 4 bridgehead atoms. The Morgan fingerprint density at radius 1 is 0.857 bits per heavy atom. The molecule has 2 unspecified atom stereocenters. The van der Waals surface area contributed by atoms with E-state index >= 15 is 13.2 Å². The molecule has 2 saturated carbocycles. The number of aromatic nitrogens is 3. The van der Waals surface area contributed by atoms with Crippen molar-refractivity contribution in [2.75, 3.05) is 13.2 Å². The van der Waals surface area contributed by atoms with Crippen LogP contribution >= 0.6 is 0 Å². The van der Waals surface area contributed by atoms with Crippen LogP contribution in [0.5, 0.6) is 0 Å². The van der Waals surface area contributed by atoms with Gasteiger partial charge in [-0.1, -0.05) is 32.4 Å². The highest BCUT2D eigenvalue weighted by Gasteiger charge is 2.77. The Balaban J connectivity index is 0.900. The molecule has 316 valence electrons. The van der Waals surface area contributed by atoms with Crippen LogP contribution in [0.3, 0.4) is 0 Å². The van der Waals surface area contributed by atoms with Gasteiger partial charge < -0.3 is 28.4 Å². The van der Waals surface area contributed by atoms with E-state index in [0.29, 0.717) is 44.9 Å². The third-order valence-electron chi connectivity index (χ3n) is 13.6. The summed E-state index contributed by atoms with van der Waals surface area (Å²) in [6.45, 7) is 7.51. The second kappa shape index (κ2) is 14.3. The predicted octanol–water partition coefficient (Wildman–Crippen LogP) is 7.40. The van der Waals surface area contributed by atoms with Crippen LogP contribution < -0.4 is 0 Å². The van der Waals surface area contributed by atoms with E-state index < -0.39 is 84.3 Å². The van der Waals surface area contributed by atoms with Crippen LogP contribution in [-0.2, 0) is 61.1 Å². The van der Waals surface area contributed by atoms with E-state index in [1.807, 2.05) is 0 Å². The summed E-state index contributed by atoms with van der Waals surface area (Å²) in [5.41, 5.74) is -2.17. The van der Waals surface area contributed by atoms with Crippen molar-refractivity contribution in [3.05, 3.63) is 23.7 Å². The van der Waals surface area contributed by atoms with Crippen molar-refractivity contribution < 1.29 is 74.3 Å². The van der Waals surface area contributed by atoms with Crippen molar-refractivity contribution in [1.29, 1.82) is 0 Å². The molecule has 1 aromatic heterocycles. The molecule has 56 heavy (non-hydrogen) atoms. The van der Waals surface area contributed by atoms with E-state index in [1.54, 1.807) is 13.8 Å². The molecule has 19 heteroatoms. The first-order chi connectivity index (χ1) is 26.3. The Labute approximate surface area is 320 Å². The lowest BCUT2D eigenvalue weighted by molar-refractivity contribution is -0.599. The molecule has 7 saturated heterocycles. The number of rotatable bonds is 10. The molecule has 13 atom stereocenters. The van der Waals surface area contributed by atoms with E-state index in [9.17, 15) is 13.2 Å². The van der Waals surface area contributed by atoms with Gasteiger partial charge in [-0.15, -0.1) is 5.10 Å². The summed E-state index contributed by atoms with van der Waals surface area (Å²) < 4.78 is 124. The molecular formula is C37H51F6N3O10. The van der Waals surface area contributed by atoms with Gasteiger partial charge in [0.2, 0.25) is 23.6 Å². The number of fused-ring (bicyclic) bond motifs is 5. The van der Waals surface area contributed by atoms with Crippen LogP contribution in [0.2, 0.25) is 0 Å². The van der Waals surface area contributed by atoms with Crippen molar-refractivity contribution in [2.24, 2.45) is 35.5 Å². The first kappa shape index (κ1) is 40.7. The maximum atomic E-state index is 15.1. The van der Waals surface area contributed by atoms with Crippen LogP contribution in [0.15, 0.2) is 18.0 Å². The fourth-order valence-electron chi connectivity index (χ4n) is 10.6. The maximum absolute atomic E-state index is 15.1. The smallest absolute Gasteiger partial charge is 0.448 e. The van der Waals surface area contributed by atoms with E-state index in [2.05, 4.69) is 24.2 Å². The quantitative estimate of drug-likeness (QED) is 0.101. The van der Waals surface area contributed by atoms with E-state index in [4.69, 9.17) is 48.0 Å². The molecule has 8 heterocycles. The highest BCUT2D eigenvalue weighted by atomic mass is 19.4. The lowest BCUT2D eigenvalue weighted by Crippen LogP contribution is -2.76. The van der Waals surface area contributed by atoms with Crippen LogP contribution in [0, 0.1) is 35.5 Å². The van der Waals surface area contributed by atoms with Crippen molar-refractivity contribution in [3.63, 3.8) is 0 Å². The summed E-state index contributed by atoms with van der Waals surface area (Å²) in [4.78, 5) is 23.1. The zero-order valence-corrected chi connectivity index (χ0v) is 32.2. The fraction of sp³-hybridized carbons (Fsp3) is 0.892. The SMILES string of the molecule is C[C@@H]1CC[C@H]2[C@@H](C)[C@](OCCn3cc(COC/C=C(/O[C@@H]4O[C@]5(C)CCC6[C@H](C)CCC[C@]64OO5)C(F)(F)F)nn3)(C(F)(F)F)O[C@@H]3O[C@]4(C)CCC1[C@]32OO4. The predicted molar refractivity (Wildman–Crippen MR) is 177 cm³/mol. The first-order valence-corrected chi connectivity index (χ1v) is 19.7. The van der Waals surface area contributed by atoms with Gasteiger partial charge in [-0.2, -0.15) is 26.3 Å². The number of nitrogens with zero attached hydrogens (tertiary/aromatic N) is 3. The molecule has 2 aliphatic carbocycles. The Kier molecular flexibility index (Phi) is 10.4. The maximum Gasteiger partial charge on any atom is 0.448 e. The standard InChI is InChI=1S/C37H51F6N3O10/c1-21-7-6-13-33-25(21)10-14-31(4,53-55-33)50-29(33)49-28(36(38,39)40)12-17-47-20-24-19-46(45-44-24)16-18-48-35(37(41,42)43)23(3)27-9-8-22(2)26-11-15-32(5)51-30(52-35)34(26,27)56-54-32/h12,19,21-23,25-27,29-30H,6-11,13-18,20H2,1-5H3/b28-12+/t21-,22-,23-,25?,26?,27+,29-,30+,31+,32+,33+,34-,35-/m1/s1. The van der Waals surface area contributed by atoms with Gasteiger partial charge in [0.1, 0.15) is 5.69 Å². The molecule has 9 aliphatic rings. The molecule has 1 aromatic rings. The number of ether oxygens (including phenoxy) is 6. The summed E-state index contributed by atoms with van der Waals surface area (Å²) in [6.07, 6.45) is -4.90. The Morgan fingerprint density at radius 3 is 2.32 bits per heavy atom. The topological polar surface area (TPSA) is 123 Å². The summed E-state index contributed by atoms with van der Waals surface area (Å²) in [5, 5.41) is 7.92. The molecule has 0 N–H and O–H groups in total. The fourth-order valence-corrected chi connectivity index (χ4v) is 10.6. The van der Waals surface area contributed by atoms with Gasteiger partial charge in [-0.3, -0.25) is 0 Å². The number of hydrogen-bond acceptors (Lipinski definition) is 12. The number of hydrogen-bond donors (Lipinski definition) is 0. The molecule has 0 aromatic carbocycles. The van der Waals surface area contributed by atoms with Crippen LogP contribution in [0.4, 0.5) is 26.3 Å². The monoisotopic (exact) mass is 811 g/mol. The highest BCUT2D eigenvalue weighted by molar-refractivity contribution is 5.13. The number of alkyl halides is 6. The molecule has 13 nitrogen and oxygen atoms in total. The van der Waals surface area contributed by atoms with Crippen molar-refractivity contribution >= 4 is 0 Å². The molecular weight excluding hydrogens is 760 g/mol. The third-order valence-corrected chi connectivity index (χ3v) is 13.6. The Morgan fingerprint density at radius 2 is 1.57 bits per heavy atom. The minimum Gasteiger partial charge on any atom is -0.457 e. The van der Waals surface area contributed by atoms with E-state index in [-0.39, 0.29) is 42.5 Å². The van der Waals surface area contributed by atoms with Gasteiger partial charge in [0, 0.05) is 30.6 Å². The van der Waals surface area contributed by atoms with E-state index in [0.717, 1.165) is 18.9 Å². The largest absolute Gasteiger partial charge is 0.457 e. The lowest BCUT2D eigenvalue weighted by Gasteiger charge is -2.62. The first-order valence-electron chi connectivity index (χ1n) is 19.7. The van der Waals surface area contributed by atoms with Gasteiger partial charge >= 0.3 is 12.4 Å². The molecule has 7 aliphatic heterocycles. The van der Waals surface area contributed by atoms with Crippen LogP contribution in [0.1, 0.15) is 98.1 Å². The molecule has 9 fully saturated rings. The average Bonchev–Trinajstić information content (AvgIpc) is 3.28. The summed E-state index contributed by atoms with van der Waals surface area (Å²) >= 11 is 0. The van der Waals surface area contributed by atoms with Gasteiger partial charge in [0.25, 0.3) is 5.79 Å². The average molecular weight is 812 g/mol. The lowest BCUT2D eigenvalue weighted by atomic mass is 9.57. The van der Waals surface area contributed by atoms with Gasteiger partial charge in [-0.25, -0.2) is 24.2 Å². The van der Waals surface area contributed by atoms with Crippen LogP contribution in [0.25, 0.3) is 0 Å². The van der Waals surface area contributed by atoms with E-state index in [1.165, 1.54) is 17.8 Å². The second-order valence-corrected chi connectivity index (χ2v) is 17.2. The van der Waals surface area contributed by atoms with Gasteiger partial charge in [0.15, 0.2) is 17.5 Å². The third kappa shape index (κ3) is 6.77. The molecule has 0 amide bonds.